The van der Waals surface area contributed by atoms with Crippen molar-refractivity contribution >= 4 is 0 Å². The Bertz CT molecular complexity index is 1860. The maximum atomic E-state index is 12.6. The lowest BCUT2D eigenvalue weighted by molar-refractivity contribution is -0.144. The van der Waals surface area contributed by atoms with E-state index in [0.717, 1.165) is 18.6 Å². The van der Waals surface area contributed by atoms with Crippen LogP contribution in [-0.2, 0) is 30.9 Å². The van der Waals surface area contributed by atoms with Crippen LogP contribution in [0.15, 0.2) is 84.9 Å². The number of unbranched alkanes of at least 4 members (excludes halogenated alkanes) is 1. The number of halogens is 15. The average Bonchev–Trinajstić information content (AvgIpc) is 3.16. The molecular formula is C43H51F15N4. The molecule has 0 saturated heterocycles. The standard InChI is InChI=1S/C13H15F6N.C12H13F6N.C9H10F3N.C9H13N/c1-2-3-4-11(20)8-5-9(12(14,15)16)7-10(6-8)13(17,18)19;1-2-3-10(19)7-4-8(11(13,14)15)6-9(5-7)12(16,17)18;1-6(13)7-3-2-4-8(5-7)9(10,11)12;1-7-3-5-9(6-4-7)8(2)10/h5-7,11H,2-4,20H2,1H3;4-6,10H,2-3,19H2,1H3;2-6H,13H2,1H3;3-6,8H,10H2,1-2H3. The first kappa shape index (κ1) is 55.7. The molecule has 4 aromatic carbocycles. The first-order valence-corrected chi connectivity index (χ1v) is 19.1. The van der Waals surface area contributed by atoms with Crippen LogP contribution in [0.2, 0.25) is 0 Å². The summed E-state index contributed by atoms with van der Waals surface area (Å²) in [5, 5.41) is 0. The van der Waals surface area contributed by atoms with Gasteiger partial charge in [-0.1, -0.05) is 75.1 Å². The highest BCUT2D eigenvalue weighted by Crippen LogP contribution is 2.39. The highest BCUT2D eigenvalue weighted by atomic mass is 19.4. The van der Waals surface area contributed by atoms with Crippen LogP contribution in [-0.4, -0.2) is 0 Å². The van der Waals surface area contributed by atoms with Crippen LogP contribution in [0.5, 0.6) is 0 Å². The van der Waals surface area contributed by atoms with Crippen LogP contribution >= 0.6 is 0 Å². The number of alkyl halides is 15. The van der Waals surface area contributed by atoms with E-state index < -0.39 is 70.8 Å². The molecule has 19 heteroatoms. The normalized spacial score (nSPS) is 14.2. The smallest absolute Gasteiger partial charge is 0.324 e. The summed E-state index contributed by atoms with van der Waals surface area (Å²) in [6, 6.07) is 14.4. The molecule has 4 unspecified atom stereocenters. The van der Waals surface area contributed by atoms with E-state index in [4.69, 9.17) is 22.9 Å². The van der Waals surface area contributed by atoms with Crippen LogP contribution in [0, 0.1) is 6.92 Å². The quantitative estimate of drug-likeness (QED) is 0.126. The summed E-state index contributed by atoms with van der Waals surface area (Å²) >= 11 is 0. The zero-order chi connectivity index (χ0) is 48.0. The maximum absolute atomic E-state index is 12.6. The highest BCUT2D eigenvalue weighted by molar-refractivity contribution is 5.36. The van der Waals surface area contributed by atoms with Gasteiger partial charge in [-0.2, -0.15) is 65.9 Å². The van der Waals surface area contributed by atoms with E-state index >= 15 is 0 Å². The summed E-state index contributed by atoms with van der Waals surface area (Å²) in [7, 11) is 0. The molecule has 4 aromatic rings. The molecule has 62 heavy (non-hydrogen) atoms. The second kappa shape index (κ2) is 23.4. The Morgan fingerprint density at radius 2 is 0.742 bits per heavy atom. The van der Waals surface area contributed by atoms with Gasteiger partial charge < -0.3 is 22.9 Å². The molecule has 0 aliphatic heterocycles. The summed E-state index contributed by atoms with van der Waals surface area (Å²) in [6.45, 7) is 9.32. The second-order valence-corrected chi connectivity index (χ2v) is 14.4. The predicted molar refractivity (Wildman–Crippen MR) is 209 cm³/mol. The molecular weight excluding hydrogens is 857 g/mol. The van der Waals surface area contributed by atoms with Crippen molar-refractivity contribution in [1.82, 2.24) is 0 Å². The molecule has 0 bridgehead atoms. The van der Waals surface area contributed by atoms with Crippen LogP contribution in [0.3, 0.4) is 0 Å². The highest BCUT2D eigenvalue weighted by Gasteiger charge is 2.38. The molecule has 0 heterocycles. The fourth-order valence-corrected chi connectivity index (χ4v) is 5.32. The van der Waals surface area contributed by atoms with E-state index in [0.29, 0.717) is 55.5 Å². The number of aryl methyl sites for hydroxylation is 1. The number of hydrogen-bond acceptors (Lipinski definition) is 4. The minimum atomic E-state index is -4.83. The summed E-state index contributed by atoms with van der Waals surface area (Å²) in [5.41, 5.74) is 19.1. The van der Waals surface area contributed by atoms with Crippen molar-refractivity contribution in [3.05, 3.63) is 141 Å². The van der Waals surface area contributed by atoms with Gasteiger partial charge in [0.1, 0.15) is 0 Å². The van der Waals surface area contributed by atoms with E-state index in [9.17, 15) is 65.9 Å². The SMILES string of the molecule is CC(N)c1cccc(C(F)(F)F)c1.CCCC(N)c1cc(C(F)(F)F)cc(C(F)(F)F)c1.CCCCC(N)c1cc(C(F)(F)F)cc(C(F)(F)F)c1.Cc1ccc(C(C)N)cc1. The van der Waals surface area contributed by atoms with E-state index in [1.165, 1.54) is 17.2 Å². The Balaban J connectivity index is 0.000000426. The summed E-state index contributed by atoms with van der Waals surface area (Å²) in [6.07, 6.45) is -21.0. The molecule has 0 aliphatic carbocycles. The second-order valence-electron chi connectivity index (χ2n) is 14.4. The number of benzene rings is 4. The predicted octanol–water partition coefficient (Wildman–Crippen LogP) is 14.2. The molecule has 4 rings (SSSR count). The largest absolute Gasteiger partial charge is 0.416 e. The molecule has 0 radical (unpaired) electrons. The third-order valence-corrected chi connectivity index (χ3v) is 8.89. The van der Waals surface area contributed by atoms with Crippen molar-refractivity contribution in [1.29, 1.82) is 0 Å². The molecule has 4 nitrogen and oxygen atoms in total. The van der Waals surface area contributed by atoms with E-state index in [-0.39, 0.29) is 35.3 Å². The monoisotopic (exact) mass is 908 g/mol. The van der Waals surface area contributed by atoms with E-state index in [2.05, 4.69) is 31.2 Å². The average molecular weight is 909 g/mol. The van der Waals surface area contributed by atoms with Crippen molar-refractivity contribution in [3.63, 3.8) is 0 Å². The lowest BCUT2D eigenvalue weighted by Crippen LogP contribution is -2.16. The van der Waals surface area contributed by atoms with Gasteiger partial charge in [0.2, 0.25) is 0 Å². The summed E-state index contributed by atoms with van der Waals surface area (Å²) in [5.74, 6) is 0. The Hall–Kier alpha value is -4.33. The number of hydrogen-bond donors (Lipinski definition) is 4. The molecule has 0 spiro atoms. The Labute approximate surface area is 350 Å². The van der Waals surface area contributed by atoms with Gasteiger partial charge in [0.05, 0.1) is 27.8 Å². The molecule has 0 saturated carbocycles. The number of nitrogens with two attached hydrogens (primary N) is 4. The van der Waals surface area contributed by atoms with Gasteiger partial charge >= 0.3 is 30.9 Å². The number of rotatable bonds is 9. The van der Waals surface area contributed by atoms with Gasteiger partial charge in [-0.25, -0.2) is 0 Å². The molecule has 8 N–H and O–H groups in total. The third-order valence-electron chi connectivity index (χ3n) is 8.89. The van der Waals surface area contributed by atoms with Gasteiger partial charge in [0.15, 0.2) is 0 Å². The van der Waals surface area contributed by atoms with Crippen LogP contribution in [0.1, 0.15) is 140 Å². The molecule has 0 aliphatic rings. The van der Waals surface area contributed by atoms with Gasteiger partial charge in [-0.15, -0.1) is 0 Å². The Morgan fingerprint density at radius 1 is 0.403 bits per heavy atom. The van der Waals surface area contributed by atoms with Crippen molar-refractivity contribution in [2.45, 2.75) is 122 Å². The third kappa shape index (κ3) is 19.4. The fraction of sp³-hybridized carbons (Fsp3) is 0.442. The molecule has 348 valence electrons. The molecule has 0 aromatic heterocycles. The zero-order valence-electron chi connectivity index (χ0n) is 34.4. The van der Waals surface area contributed by atoms with Gasteiger partial charge in [-0.3, -0.25) is 0 Å². The van der Waals surface area contributed by atoms with Gasteiger partial charge in [0.25, 0.3) is 0 Å². The lowest BCUT2D eigenvalue weighted by Gasteiger charge is -2.17. The Morgan fingerprint density at radius 3 is 1.05 bits per heavy atom. The van der Waals surface area contributed by atoms with Crippen LogP contribution in [0.4, 0.5) is 65.9 Å². The maximum Gasteiger partial charge on any atom is 0.416 e. The van der Waals surface area contributed by atoms with Gasteiger partial charge in [-0.05, 0) is 104 Å². The van der Waals surface area contributed by atoms with E-state index in [1.807, 2.05) is 13.8 Å². The lowest BCUT2D eigenvalue weighted by atomic mass is 9.97. The summed E-state index contributed by atoms with van der Waals surface area (Å²) < 4.78 is 188. The minimum absolute atomic E-state index is 0.0994. The van der Waals surface area contributed by atoms with E-state index in [1.54, 1.807) is 19.9 Å². The van der Waals surface area contributed by atoms with Crippen LogP contribution in [0.25, 0.3) is 0 Å². The fourth-order valence-electron chi connectivity index (χ4n) is 5.32. The first-order valence-electron chi connectivity index (χ1n) is 19.1. The zero-order valence-corrected chi connectivity index (χ0v) is 34.4. The molecule has 0 fully saturated rings. The van der Waals surface area contributed by atoms with Crippen molar-refractivity contribution < 1.29 is 65.9 Å². The first-order chi connectivity index (χ1) is 28.2. The van der Waals surface area contributed by atoms with Gasteiger partial charge in [0, 0.05) is 24.2 Å². The van der Waals surface area contributed by atoms with Crippen molar-refractivity contribution in [2.75, 3.05) is 0 Å². The van der Waals surface area contributed by atoms with Crippen molar-refractivity contribution in [2.24, 2.45) is 22.9 Å². The summed E-state index contributed by atoms with van der Waals surface area (Å²) in [4.78, 5) is 0. The minimum Gasteiger partial charge on any atom is -0.324 e. The molecule has 0 amide bonds. The van der Waals surface area contributed by atoms with Crippen LogP contribution < -0.4 is 22.9 Å². The van der Waals surface area contributed by atoms with Crippen molar-refractivity contribution in [3.8, 4) is 0 Å². The molecule has 4 atom stereocenters. The topological polar surface area (TPSA) is 104 Å². The Kier molecular flexibility index (Phi) is 21.0.